The Morgan fingerprint density at radius 3 is 2.60 bits per heavy atom. The Hall–Kier alpha value is -0.910. The Bertz CT molecular complexity index is 522. The lowest BCUT2D eigenvalue weighted by Gasteiger charge is -2.11. The molecule has 1 aromatic rings. The van der Waals surface area contributed by atoms with E-state index in [1.54, 1.807) is 24.3 Å². The maximum Gasteiger partial charge on any atom is 0.240 e. The average molecular weight is 296 g/mol. The van der Waals surface area contributed by atoms with Crippen LogP contribution < -0.4 is 10.5 Å². The molecule has 1 aliphatic carbocycles. The first-order valence-electron chi connectivity index (χ1n) is 7.41. The quantitative estimate of drug-likeness (QED) is 0.759. The van der Waals surface area contributed by atoms with Gasteiger partial charge in [-0.15, -0.1) is 0 Å². The molecule has 0 spiro atoms. The molecule has 20 heavy (non-hydrogen) atoms. The van der Waals surface area contributed by atoms with Gasteiger partial charge in [0.25, 0.3) is 0 Å². The minimum atomic E-state index is -3.43. The zero-order valence-corrected chi connectivity index (χ0v) is 12.7. The number of sulfonamides is 1. The van der Waals surface area contributed by atoms with E-state index in [0.29, 0.717) is 17.0 Å². The van der Waals surface area contributed by atoms with Gasteiger partial charge in [0.1, 0.15) is 0 Å². The molecule has 0 amide bonds. The fourth-order valence-corrected chi connectivity index (χ4v) is 4.23. The van der Waals surface area contributed by atoms with Crippen LogP contribution >= 0.6 is 0 Å². The van der Waals surface area contributed by atoms with Crippen LogP contribution in [0.1, 0.15) is 44.1 Å². The molecule has 5 heteroatoms. The van der Waals surface area contributed by atoms with Gasteiger partial charge >= 0.3 is 0 Å². The molecule has 1 fully saturated rings. The first kappa shape index (κ1) is 15.5. The Morgan fingerprint density at radius 1 is 1.20 bits per heavy atom. The Labute approximate surface area is 121 Å². The van der Waals surface area contributed by atoms with Gasteiger partial charge in [-0.25, -0.2) is 13.1 Å². The van der Waals surface area contributed by atoms with Crippen molar-refractivity contribution in [1.29, 1.82) is 0 Å². The van der Waals surface area contributed by atoms with Crippen LogP contribution in [0.25, 0.3) is 0 Å². The smallest absolute Gasteiger partial charge is 0.240 e. The first-order valence-corrected chi connectivity index (χ1v) is 8.89. The van der Waals surface area contributed by atoms with Crippen LogP contribution in [-0.2, 0) is 16.6 Å². The minimum absolute atomic E-state index is 0.235. The number of hydrogen-bond acceptors (Lipinski definition) is 3. The summed E-state index contributed by atoms with van der Waals surface area (Å²) in [6, 6.07) is 6.90. The summed E-state index contributed by atoms with van der Waals surface area (Å²) >= 11 is 0. The Kier molecular flexibility index (Phi) is 5.57. The predicted octanol–water partition coefficient (Wildman–Crippen LogP) is 2.39. The minimum Gasteiger partial charge on any atom is -0.326 e. The van der Waals surface area contributed by atoms with Crippen LogP contribution in [-0.4, -0.2) is 15.0 Å². The van der Waals surface area contributed by atoms with Gasteiger partial charge in [-0.2, -0.15) is 0 Å². The molecule has 1 aliphatic rings. The monoisotopic (exact) mass is 296 g/mol. The molecule has 4 nitrogen and oxygen atoms in total. The van der Waals surface area contributed by atoms with Crippen LogP contribution in [0.3, 0.4) is 0 Å². The Balaban J connectivity index is 1.87. The highest BCUT2D eigenvalue weighted by Crippen LogP contribution is 2.28. The third-order valence-corrected chi connectivity index (χ3v) is 5.60. The lowest BCUT2D eigenvalue weighted by atomic mass is 10.0. The molecule has 0 radical (unpaired) electrons. The SMILES string of the molecule is NCc1ccccc1S(=O)(=O)NCCCC1CCCC1. The van der Waals surface area contributed by atoms with E-state index in [0.717, 1.165) is 18.8 Å². The van der Waals surface area contributed by atoms with E-state index in [4.69, 9.17) is 5.73 Å². The summed E-state index contributed by atoms with van der Waals surface area (Å²) in [5, 5.41) is 0. The molecule has 3 N–H and O–H groups in total. The molecular weight excluding hydrogens is 272 g/mol. The van der Waals surface area contributed by atoms with Gasteiger partial charge in [0, 0.05) is 13.1 Å². The number of nitrogens with one attached hydrogen (secondary N) is 1. The van der Waals surface area contributed by atoms with Crippen LogP contribution in [0.15, 0.2) is 29.2 Å². The van der Waals surface area contributed by atoms with E-state index in [1.165, 1.54) is 25.7 Å². The molecule has 0 atom stereocenters. The largest absolute Gasteiger partial charge is 0.326 e. The van der Waals surface area contributed by atoms with Crippen molar-refractivity contribution < 1.29 is 8.42 Å². The second-order valence-corrected chi connectivity index (χ2v) is 7.24. The van der Waals surface area contributed by atoms with Crippen molar-refractivity contribution in [3.8, 4) is 0 Å². The van der Waals surface area contributed by atoms with Crippen molar-refractivity contribution >= 4 is 10.0 Å². The first-order chi connectivity index (χ1) is 9.63. The highest BCUT2D eigenvalue weighted by atomic mass is 32.2. The average Bonchev–Trinajstić information content (AvgIpc) is 2.97. The van der Waals surface area contributed by atoms with E-state index in [2.05, 4.69) is 4.72 Å². The number of benzene rings is 1. The van der Waals surface area contributed by atoms with E-state index >= 15 is 0 Å². The summed E-state index contributed by atoms with van der Waals surface area (Å²) in [7, 11) is -3.43. The van der Waals surface area contributed by atoms with Crippen molar-refractivity contribution in [3.05, 3.63) is 29.8 Å². The molecule has 0 aromatic heterocycles. The van der Waals surface area contributed by atoms with Gasteiger partial charge in [0.15, 0.2) is 0 Å². The second kappa shape index (κ2) is 7.20. The third kappa shape index (κ3) is 4.04. The van der Waals surface area contributed by atoms with Crippen molar-refractivity contribution in [2.24, 2.45) is 11.7 Å². The van der Waals surface area contributed by atoms with Crippen molar-refractivity contribution in [2.45, 2.75) is 50.0 Å². The Morgan fingerprint density at radius 2 is 1.90 bits per heavy atom. The standard InChI is InChI=1S/C15H24N2O2S/c16-12-14-9-3-4-10-15(14)20(18,19)17-11-5-8-13-6-1-2-7-13/h3-4,9-10,13,17H,1-2,5-8,11-12,16H2. The third-order valence-electron chi connectivity index (χ3n) is 4.04. The van der Waals surface area contributed by atoms with E-state index < -0.39 is 10.0 Å². The fraction of sp³-hybridized carbons (Fsp3) is 0.600. The molecule has 0 aliphatic heterocycles. The van der Waals surface area contributed by atoms with Crippen LogP contribution in [0.4, 0.5) is 0 Å². The van der Waals surface area contributed by atoms with Crippen molar-refractivity contribution in [1.82, 2.24) is 4.72 Å². The molecule has 0 heterocycles. The lowest BCUT2D eigenvalue weighted by molar-refractivity contribution is 0.480. The summed E-state index contributed by atoms with van der Waals surface area (Å²) in [6.45, 7) is 0.747. The van der Waals surface area contributed by atoms with Gasteiger partial charge in [-0.05, 0) is 30.4 Å². The fourth-order valence-electron chi connectivity index (χ4n) is 2.91. The predicted molar refractivity (Wildman–Crippen MR) is 80.7 cm³/mol. The lowest BCUT2D eigenvalue weighted by Crippen LogP contribution is -2.26. The topological polar surface area (TPSA) is 72.2 Å². The zero-order valence-electron chi connectivity index (χ0n) is 11.8. The highest BCUT2D eigenvalue weighted by Gasteiger charge is 2.18. The number of nitrogens with two attached hydrogens (primary N) is 1. The molecule has 2 rings (SSSR count). The van der Waals surface area contributed by atoms with E-state index in [-0.39, 0.29) is 6.54 Å². The van der Waals surface area contributed by atoms with Crippen LogP contribution in [0, 0.1) is 5.92 Å². The maximum absolute atomic E-state index is 12.2. The van der Waals surface area contributed by atoms with Crippen LogP contribution in [0.2, 0.25) is 0 Å². The molecular formula is C15H24N2O2S. The van der Waals surface area contributed by atoms with E-state index in [9.17, 15) is 8.42 Å². The summed E-state index contributed by atoms with van der Waals surface area (Å²) in [5.74, 6) is 0.802. The van der Waals surface area contributed by atoms with Gasteiger partial charge in [0.05, 0.1) is 4.90 Å². The van der Waals surface area contributed by atoms with Crippen molar-refractivity contribution in [3.63, 3.8) is 0 Å². The van der Waals surface area contributed by atoms with Crippen LogP contribution in [0.5, 0.6) is 0 Å². The van der Waals surface area contributed by atoms with Gasteiger partial charge in [0.2, 0.25) is 10.0 Å². The molecule has 0 bridgehead atoms. The normalized spacial score (nSPS) is 16.6. The summed E-state index contributed by atoms with van der Waals surface area (Å²) in [5.41, 5.74) is 6.26. The highest BCUT2D eigenvalue weighted by molar-refractivity contribution is 7.89. The number of rotatable bonds is 7. The van der Waals surface area contributed by atoms with Gasteiger partial charge < -0.3 is 5.73 Å². The van der Waals surface area contributed by atoms with Crippen molar-refractivity contribution in [2.75, 3.05) is 6.54 Å². The molecule has 0 saturated heterocycles. The molecule has 0 unspecified atom stereocenters. The number of hydrogen-bond donors (Lipinski definition) is 2. The summed E-state index contributed by atoms with van der Waals surface area (Å²) in [4.78, 5) is 0.309. The summed E-state index contributed by atoms with van der Waals surface area (Å²) in [6.07, 6.45) is 7.32. The molecule has 112 valence electrons. The summed E-state index contributed by atoms with van der Waals surface area (Å²) < 4.78 is 27.2. The second-order valence-electron chi connectivity index (χ2n) is 5.50. The maximum atomic E-state index is 12.2. The van der Waals surface area contributed by atoms with Gasteiger partial charge in [-0.1, -0.05) is 43.9 Å². The zero-order chi connectivity index (χ0) is 14.4. The molecule has 1 aromatic carbocycles. The molecule has 1 saturated carbocycles. The van der Waals surface area contributed by atoms with E-state index in [1.807, 2.05) is 0 Å². The van der Waals surface area contributed by atoms with Gasteiger partial charge in [-0.3, -0.25) is 0 Å².